The van der Waals surface area contributed by atoms with Crippen molar-refractivity contribution in [2.24, 2.45) is 0 Å². The fourth-order valence-electron chi connectivity index (χ4n) is 0.469. The molecule has 0 radical (unpaired) electrons. The molecule has 0 aliphatic heterocycles. The molecule has 11 heavy (non-hydrogen) atoms. The Morgan fingerprint density at radius 2 is 2.36 bits per heavy atom. The van der Waals surface area contributed by atoms with Crippen LogP contribution in [0.15, 0.2) is 24.3 Å². The van der Waals surface area contributed by atoms with Gasteiger partial charge in [0.1, 0.15) is 6.61 Å². The van der Waals surface area contributed by atoms with Crippen LogP contribution in [-0.4, -0.2) is 18.4 Å². The number of allylic oxidation sites excluding steroid dienone is 1. The number of ether oxygens (including phenoxy) is 1. The highest BCUT2D eigenvalue weighted by Gasteiger charge is 1.95. The first-order chi connectivity index (χ1) is 5.24. The lowest BCUT2D eigenvalue weighted by molar-refractivity contribution is 0.337. The lowest BCUT2D eigenvalue weighted by atomic mass is 10.3. The minimum atomic E-state index is 0.0906. The van der Waals surface area contributed by atoms with Gasteiger partial charge in [0.25, 0.3) is 0 Å². The molecule has 0 aromatic rings. The van der Waals surface area contributed by atoms with Gasteiger partial charge in [-0.25, -0.2) is 0 Å². The highest BCUT2D eigenvalue weighted by Crippen LogP contribution is 1.96. The Balaban J connectivity index is 3.69. The van der Waals surface area contributed by atoms with Crippen LogP contribution in [0, 0.1) is 5.41 Å². The van der Waals surface area contributed by atoms with Gasteiger partial charge in [0.05, 0.1) is 5.88 Å². The summed E-state index contributed by atoms with van der Waals surface area (Å²) in [5, 5.41) is 7.07. The molecule has 0 heterocycles. The summed E-state index contributed by atoms with van der Waals surface area (Å²) in [6.45, 7) is 5.86. The van der Waals surface area contributed by atoms with Gasteiger partial charge in [0, 0.05) is 0 Å². The molecule has 0 bridgehead atoms. The van der Waals surface area contributed by atoms with Crippen LogP contribution in [0.25, 0.3) is 0 Å². The molecule has 0 aromatic carbocycles. The summed E-state index contributed by atoms with van der Waals surface area (Å²) >= 11 is 5.33. The summed E-state index contributed by atoms with van der Waals surface area (Å²) in [5.74, 6) is 0.210. The number of alkyl halides is 1. The first-order valence-electron chi connectivity index (χ1n) is 3.28. The molecule has 1 N–H and O–H groups in total. The number of hydrogen-bond acceptors (Lipinski definition) is 2. The Morgan fingerprint density at radius 1 is 1.73 bits per heavy atom. The van der Waals surface area contributed by atoms with E-state index in [2.05, 4.69) is 6.58 Å². The van der Waals surface area contributed by atoms with E-state index in [-0.39, 0.29) is 11.8 Å². The van der Waals surface area contributed by atoms with Crippen LogP contribution in [0.1, 0.15) is 6.92 Å². The second-order valence-corrected chi connectivity index (χ2v) is 2.18. The van der Waals surface area contributed by atoms with Crippen molar-refractivity contribution in [3.05, 3.63) is 24.3 Å². The molecule has 2 nitrogen and oxygen atoms in total. The van der Waals surface area contributed by atoms with E-state index >= 15 is 0 Å². The normalized spacial score (nSPS) is 10.9. The van der Waals surface area contributed by atoms with Crippen molar-refractivity contribution in [3.63, 3.8) is 0 Å². The van der Waals surface area contributed by atoms with E-state index < -0.39 is 0 Å². The average Bonchev–Trinajstić information content (AvgIpc) is 2.06. The van der Waals surface area contributed by atoms with Gasteiger partial charge >= 0.3 is 0 Å². The summed E-state index contributed by atoms with van der Waals surface area (Å²) in [7, 11) is 0. The molecule has 62 valence electrons. The minimum Gasteiger partial charge on any atom is -0.475 e. The zero-order chi connectivity index (χ0) is 8.69. The zero-order valence-corrected chi connectivity index (χ0v) is 7.32. The predicted molar refractivity (Wildman–Crippen MR) is 48.4 cm³/mol. The van der Waals surface area contributed by atoms with Crippen molar-refractivity contribution in [2.45, 2.75) is 6.92 Å². The van der Waals surface area contributed by atoms with Gasteiger partial charge in [-0.1, -0.05) is 18.7 Å². The topological polar surface area (TPSA) is 33.1 Å². The van der Waals surface area contributed by atoms with Crippen LogP contribution in [-0.2, 0) is 4.74 Å². The molecule has 0 rings (SSSR count). The molecule has 0 amide bonds. The van der Waals surface area contributed by atoms with Gasteiger partial charge in [0.15, 0.2) is 5.90 Å². The maximum Gasteiger partial charge on any atom is 0.196 e. The zero-order valence-electron chi connectivity index (χ0n) is 6.56. The maximum absolute atomic E-state index is 7.07. The Labute approximate surface area is 72.0 Å². The number of rotatable bonds is 4. The van der Waals surface area contributed by atoms with Gasteiger partial charge in [-0.2, -0.15) is 0 Å². The third-order valence-electron chi connectivity index (χ3n) is 1.17. The Kier molecular flexibility index (Phi) is 5.57. The first kappa shape index (κ1) is 10.2. The third-order valence-corrected chi connectivity index (χ3v) is 1.41. The molecule has 0 aliphatic rings. The van der Waals surface area contributed by atoms with E-state index in [0.29, 0.717) is 6.61 Å². The van der Waals surface area contributed by atoms with Crippen LogP contribution >= 0.6 is 11.6 Å². The molecule has 0 spiro atoms. The average molecular weight is 174 g/mol. The molecule has 0 atom stereocenters. The summed E-state index contributed by atoms with van der Waals surface area (Å²) in [6.07, 6.45) is 3.58. The largest absolute Gasteiger partial charge is 0.475 e. The highest BCUT2D eigenvalue weighted by molar-refractivity contribution is 6.26. The molecular formula is C8H12ClNO. The summed E-state index contributed by atoms with van der Waals surface area (Å²) < 4.78 is 4.95. The molecular weight excluding hydrogens is 162 g/mol. The smallest absolute Gasteiger partial charge is 0.196 e. The third kappa shape index (κ3) is 4.62. The number of hydrogen-bond donors (Lipinski definition) is 1. The monoisotopic (exact) mass is 173 g/mol. The fraction of sp³-hybridized carbons (Fsp3) is 0.375. The van der Waals surface area contributed by atoms with Gasteiger partial charge in [0.2, 0.25) is 0 Å². The maximum atomic E-state index is 7.07. The van der Waals surface area contributed by atoms with E-state index in [1.807, 2.05) is 13.0 Å². The minimum absolute atomic E-state index is 0.0906. The van der Waals surface area contributed by atoms with Crippen molar-refractivity contribution in [1.82, 2.24) is 0 Å². The van der Waals surface area contributed by atoms with Gasteiger partial charge in [-0.3, -0.25) is 5.41 Å². The number of nitrogens with one attached hydrogen (secondary N) is 1. The summed E-state index contributed by atoms with van der Waals surface area (Å²) in [6, 6.07) is 0. The molecule has 0 unspecified atom stereocenters. The summed E-state index contributed by atoms with van der Waals surface area (Å²) in [5.41, 5.74) is 0.958. The first-order valence-corrected chi connectivity index (χ1v) is 3.81. The van der Waals surface area contributed by atoms with Crippen LogP contribution in [0.2, 0.25) is 0 Å². The summed E-state index contributed by atoms with van der Waals surface area (Å²) in [4.78, 5) is 0. The SMILES string of the molecule is C=C/C(=C\C)COC(=N)CCl. The second kappa shape index (κ2) is 5.98. The quantitative estimate of drug-likeness (QED) is 0.301. The lowest BCUT2D eigenvalue weighted by Gasteiger charge is -2.04. The molecule has 3 heteroatoms. The Hall–Kier alpha value is -0.760. The fourth-order valence-corrected chi connectivity index (χ4v) is 0.546. The van der Waals surface area contributed by atoms with Crippen LogP contribution in [0.3, 0.4) is 0 Å². The molecule has 0 saturated heterocycles. The van der Waals surface area contributed by atoms with Crippen LogP contribution < -0.4 is 0 Å². The van der Waals surface area contributed by atoms with E-state index in [4.69, 9.17) is 21.7 Å². The van der Waals surface area contributed by atoms with E-state index in [9.17, 15) is 0 Å². The number of halogens is 1. The van der Waals surface area contributed by atoms with Gasteiger partial charge in [-0.05, 0) is 12.5 Å². The molecule has 0 aromatic heterocycles. The van der Waals surface area contributed by atoms with Crippen molar-refractivity contribution < 1.29 is 4.74 Å². The van der Waals surface area contributed by atoms with Crippen molar-refractivity contribution >= 4 is 17.5 Å². The standard InChI is InChI=1S/C8H12ClNO/c1-3-7(4-2)6-11-8(10)5-9/h3-4,10H,1,5-6H2,2H3/b7-4+,10-8?. The predicted octanol–water partition coefficient (Wildman–Crippen LogP) is 2.35. The second-order valence-electron chi connectivity index (χ2n) is 1.91. The van der Waals surface area contributed by atoms with Gasteiger partial charge < -0.3 is 4.74 Å². The van der Waals surface area contributed by atoms with E-state index in [1.54, 1.807) is 6.08 Å². The molecule has 0 aliphatic carbocycles. The van der Waals surface area contributed by atoms with Crippen molar-refractivity contribution in [1.29, 1.82) is 5.41 Å². The van der Waals surface area contributed by atoms with Crippen molar-refractivity contribution in [2.75, 3.05) is 12.5 Å². The van der Waals surface area contributed by atoms with Crippen LogP contribution in [0.5, 0.6) is 0 Å². The van der Waals surface area contributed by atoms with E-state index in [1.165, 1.54) is 0 Å². The highest BCUT2D eigenvalue weighted by atomic mass is 35.5. The molecule has 0 saturated carbocycles. The Bertz CT molecular complexity index is 175. The lowest BCUT2D eigenvalue weighted by Crippen LogP contribution is -2.06. The van der Waals surface area contributed by atoms with Crippen molar-refractivity contribution in [3.8, 4) is 0 Å². The van der Waals surface area contributed by atoms with Crippen LogP contribution in [0.4, 0.5) is 0 Å². The molecule has 0 fully saturated rings. The van der Waals surface area contributed by atoms with Gasteiger partial charge in [-0.15, -0.1) is 11.6 Å². The van der Waals surface area contributed by atoms with E-state index in [0.717, 1.165) is 5.57 Å². The Morgan fingerprint density at radius 3 is 2.73 bits per heavy atom.